The minimum absolute atomic E-state index is 0.0714. The number of hydrogen-bond acceptors (Lipinski definition) is 2. The minimum Gasteiger partial charge on any atom is -0.335 e. The minimum atomic E-state index is -0.162. The van der Waals surface area contributed by atoms with E-state index in [4.69, 9.17) is 0 Å². The van der Waals surface area contributed by atoms with Gasteiger partial charge >= 0.3 is 6.03 Å². The summed E-state index contributed by atoms with van der Waals surface area (Å²) in [5, 5.41) is 5.84. The second-order valence-corrected chi connectivity index (χ2v) is 8.91. The Morgan fingerprint density at radius 2 is 1.47 bits per heavy atom. The molecule has 1 aromatic heterocycles. The Kier molecular flexibility index (Phi) is 13.8. The molecule has 4 heteroatoms. The number of carbonyl (C=O) groups excluding carboxylic acids is 1. The second kappa shape index (κ2) is 16.1. The van der Waals surface area contributed by atoms with Crippen LogP contribution >= 0.6 is 0 Å². The highest BCUT2D eigenvalue weighted by molar-refractivity contribution is 5.74. The van der Waals surface area contributed by atoms with Crippen molar-refractivity contribution < 1.29 is 4.79 Å². The van der Waals surface area contributed by atoms with Gasteiger partial charge in [-0.3, -0.25) is 4.98 Å². The number of amides is 2. The molecule has 0 saturated carbocycles. The molecule has 0 aliphatic carbocycles. The largest absolute Gasteiger partial charge is 0.335 e. The fraction of sp³-hybridized carbons (Fsp3) is 0.500. The molecule has 32 heavy (non-hydrogen) atoms. The monoisotopic (exact) mass is 437 g/mol. The van der Waals surface area contributed by atoms with E-state index >= 15 is 0 Å². The van der Waals surface area contributed by atoms with Crippen LogP contribution in [0.5, 0.6) is 0 Å². The van der Waals surface area contributed by atoms with Crippen LogP contribution in [-0.4, -0.2) is 17.6 Å². The van der Waals surface area contributed by atoms with Gasteiger partial charge in [0.15, 0.2) is 0 Å². The van der Waals surface area contributed by atoms with Crippen LogP contribution in [0.1, 0.15) is 91.7 Å². The molecule has 0 aromatic carbocycles. The molecule has 0 aliphatic heterocycles. The van der Waals surface area contributed by atoms with E-state index in [9.17, 15) is 4.79 Å². The predicted octanol–water partition coefficient (Wildman–Crippen LogP) is 7.59. The highest BCUT2D eigenvalue weighted by Gasteiger charge is 2.08. The standard InChI is InChI=1S/C28H43N3O/c1-22(2)11-7-12-23(3)13-8-14-24(4)15-9-16-25(5)18-20-30-28(32)31-26(6)27-17-10-19-29-21-27/h10-11,13,15,17-19,21,26H,7-9,12,14,16,20H2,1-6H3,(H2,30,31,32)/b23-13+,24-15+,25-18+. The van der Waals surface area contributed by atoms with Crippen molar-refractivity contribution in [2.45, 2.75) is 86.1 Å². The van der Waals surface area contributed by atoms with Gasteiger partial charge in [-0.25, -0.2) is 4.79 Å². The van der Waals surface area contributed by atoms with E-state index in [0.29, 0.717) is 6.54 Å². The van der Waals surface area contributed by atoms with Gasteiger partial charge in [-0.1, -0.05) is 52.7 Å². The summed E-state index contributed by atoms with van der Waals surface area (Å²) >= 11 is 0. The SMILES string of the molecule is CC(C)=CCC/C(C)=C/CC/C(C)=C/CC/C(C)=C/CNC(=O)NC(C)c1cccnc1. The van der Waals surface area contributed by atoms with Gasteiger partial charge in [0.2, 0.25) is 0 Å². The van der Waals surface area contributed by atoms with Crippen LogP contribution in [0.25, 0.3) is 0 Å². The Bertz CT molecular complexity index is 799. The number of nitrogens with zero attached hydrogens (tertiary/aromatic N) is 1. The molecule has 0 spiro atoms. The Balaban J connectivity index is 2.24. The van der Waals surface area contributed by atoms with E-state index in [1.807, 2.05) is 19.1 Å². The molecule has 2 amide bonds. The highest BCUT2D eigenvalue weighted by atomic mass is 16.2. The van der Waals surface area contributed by atoms with Gasteiger partial charge < -0.3 is 10.6 Å². The Morgan fingerprint density at radius 3 is 2.00 bits per heavy atom. The van der Waals surface area contributed by atoms with Gasteiger partial charge in [-0.15, -0.1) is 0 Å². The van der Waals surface area contributed by atoms with Crippen LogP contribution in [0, 0.1) is 0 Å². The molecule has 4 nitrogen and oxygen atoms in total. The lowest BCUT2D eigenvalue weighted by Crippen LogP contribution is -2.37. The number of allylic oxidation sites excluding steroid dienone is 7. The summed E-state index contributed by atoms with van der Waals surface area (Å²) < 4.78 is 0. The van der Waals surface area contributed by atoms with Crippen molar-refractivity contribution in [3.63, 3.8) is 0 Å². The third kappa shape index (κ3) is 13.6. The maximum absolute atomic E-state index is 12.1. The molecule has 176 valence electrons. The van der Waals surface area contributed by atoms with E-state index in [0.717, 1.165) is 44.1 Å². The normalized spacial score (nSPS) is 13.5. The van der Waals surface area contributed by atoms with Crippen molar-refractivity contribution in [2.75, 3.05) is 6.54 Å². The number of hydrogen-bond donors (Lipinski definition) is 2. The van der Waals surface area contributed by atoms with Gasteiger partial charge in [0.25, 0.3) is 0 Å². The molecular formula is C28H43N3O. The molecule has 1 rings (SSSR count). The first kappa shape index (κ1) is 27.4. The van der Waals surface area contributed by atoms with Crippen LogP contribution < -0.4 is 10.6 Å². The summed E-state index contributed by atoms with van der Waals surface area (Å²) in [5.41, 5.74) is 6.62. The topological polar surface area (TPSA) is 54.0 Å². The number of carbonyl (C=O) groups is 1. The van der Waals surface area contributed by atoms with Crippen LogP contribution in [0.15, 0.2) is 71.1 Å². The molecule has 1 atom stereocenters. The molecule has 1 aromatic rings. The summed E-state index contributed by atoms with van der Waals surface area (Å²) in [6, 6.07) is 3.60. The fourth-order valence-corrected chi connectivity index (χ4v) is 3.27. The van der Waals surface area contributed by atoms with Gasteiger partial charge in [-0.05, 0) is 91.7 Å². The van der Waals surface area contributed by atoms with Crippen molar-refractivity contribution in [3.05, 3.63) is 76.7 Å². The first-order valence-corrected chi connectivity index (χ1v) is 11.8. The number of rotatable bonds is 13. The van der Waals surface area contributed by atoms with E-state index in [-0.39, 0.29) is 12.1 Å². The Morgan fingerprint density at radius 1 is 0.906 bits per heavy atom. The number of urea groups is 1. The Hall–Kier alpha value is -2.62. The predicted molar refractivity (Wildman–Crippen MR) is 138 cm³/mol. The molecule has 0 fully saturated rings. The van der Waals surface area contributed by atoms with Crippen molar-refractivity contribution in [3.8, 4) is 0 Å². The zero-order valence-electron chi connectivity index (χ0n) is 21.0. The Labute approximate surface area is 196 Å². The summed E-state index contributed by atoms with van der Waals surface area (Å²) in [7, 11) is 0. The van der Waals surface area contributed by atoms with Gasteiger partial charge in [-0.2, -0.15) is 0 Å². The zero-order valence-corrected chi connectivity index (χ0v) is 21.0. The van der Waals surface area contributed by atoms with E-state index in [2.05, 4.69) is 74.5 Å². The van der Waals surface area contributed by atoms with Crippen LogP contribution in [-0.2, 0) is 0 Å². The highest BCUT2D eigenvalue weighted by Crippen LogP contribution is 2.13. The van der Waals surface area contributed by atoms with Crippen LogP contribution in [0.2, 0.25) is 0 Å². The average molecular weight is 438 g/mol. The maximum Gasteiger partial charge on any atom is 0.315 e. The molecule has 2 N–H and O–H groups in total. The third-order valence-corrected chi connectivity index (χ3v) is 5.40. The van der Waals surface area contributed by atoms with E-state index in [1.165, 1.54) is 22.3 Å². The summed E-state index contributed by atoms with van der Waals surface area (Å²) in [5.74, 6) is 0. The lowest BCUT2D eigenvalue weighted by molar-refractivity contribution is 0.239. The number of pyridine rings is 1. The lowest BCUT2D eigenvalue weighted by atomic mass is 10.0. The fourth-order valence-electron chi connectivity index (χ4n) is 3.27. The summed E-state index contributed by atoms with van der Waals surface area (Å²) in [6.45, 7) is 13.4. The second-order valence-electron chi connectivity index (χ2n) is 8.91. The number of nitrogens with one attached hydrogen (secondary N) is 2. The molecule has 0 aliphatic rings. The van der Waals surface area contributed by atoms with Crippen LogP contribution in [0.4, 0.5) is 4.79 Å². The first-order chi connectivity index (χ1) is 15.3. The van der Waals surface area contributed by atoms with E-state index in [1.54, 1.807) is 12.4 Å². The average Bonchev–Trinajstić information content (AvgIpc) is 2.74. The summed E-state index contributed by atoms with van der Waals surface area (Å²) in [6.07, 6.45) is 19.2. The lowest BCUT2D eigenvalue weighted by Gasteiger charge is -2.14. The molecule has 0 bridgehead atoms. The molecule has 0 radical (unpaired) electrons. The van der Waals surface area contributed by atoms with Crippen molar-refractivity contribution in [1.29, 1.82) is 0 Å². The maximum atomic E-state index is 12.1. The molecule has 1 heterocycles. The van der Waals surface area contributed by atoms with Crippen LogP contribution in [0.3, 0.4) is 0 Å². The summed E-state index contributed by atoms with van der Waals surface area (Å²) in [4.78, 5) is 16.1. The van der Waals surface area contributed by atoms with E-state index < -0.39 is 0 Å². The van der Waals surface area contributed by atoms with Gasteiger partial charge in [0.1, 0.15) is 0 Å². The number of aromatic nitrogens is 1. The van der Waals surface area contributed by atoms with Gasteiger partial charge in [0.05, 0.1) is 6.04 Å². The molecule has 1 unspecified atom stereocenters. The third-order valence-electron chi connectivity index (χ3n) is 5.40. The van der Waals surface area contributed by atoms with Crippen molar-refractivity contribution in [1.82, 2.24) is 15.6 Å². The molecule has 0 saturated heterocycles. The smallest absolute Gasteiger partial charge is 0.315 e. The van der Waals surface area contributed by atoms with Crippen molar-refractivity contribution >= 4 is 6.03 Å². The van der Waals surface area contributed by atoms with Crippen molar-refractivity contribution in [2.24, 2.45) is 0 Å². The van der Waals surface area contributed by atoms with Gasteiger partial charge in [0, 0.05) is 18.9 Å². The zero-order chi connectivity index (χ0) is 23.8. The molecular weight excluding hydrogens is 394 g/mol. The first-order valence-electron chi connectivity index (χ1n) is 11.8. The quantitative estimate of drug-likeness (QED) is 0.312.